The van der Waals surface area contributed by atoms with Crippen LogP contribution in [0.15, 0.2) is 53.2 Å². The number of benzene rings is 1. The van der Waals surface area contributed by atoms with Crippen molar-refractivity contribution >= 4 is 29.5 Å². The molecule has 126 valence electrons. The zero-order valence-corrected chi connectivity index (χ0v) is 13.8. The second-order valence-corrected chi connectivity index (χ2v) is 6.04. The number of carbonyl (C=O) groups is 2. The first-order valence-electron chi connectivity index (χ1n) is 7.44. The van der Waals surface area contributed by atoms with E-state index >= 15 is 0 Å². The number of amides is 2. The van der Waals surface area contributed by atoms with Crippen molar-refractivity contribution in [2.24, 2.45) is 0 Å². The van der Waals surface area contributed by atoms with Crippen LogP contribution in [0, 0.1) is 0 Å². The minimum absolute atomic E-state index is 0.278. The molecular formula is C18H20N2O4. The third kappa shape index (κ3) is 6.00. The molecule has 2 N–H and O–H groups in total. The molecule has 24 heavy (non-hydrogen) atoms. The molecule has 1 aromatic heterocycles. The molecule has 0 saturated heterocycles. The Kier molecular flexibility index (Phi) is 5.42. The molecule has 0 saturated carbocycles. The number of nitrogens with one attached hydrogen (secondary N) is 2. The largest absolute Gasteiger partial charge is 0.465 e. The molecule has 0 aliphatic heterocycles. The summed E-state index contributed by atoms with van der Waals surface area (Å²) in [7, 11) is 0. The van der Waals surface area contributed by atoms with Gasteiger partial charge in [-0.2, -0.15) is 0 Å². The van der Waals surface area contributed by atoms with Crippen LogP contribution in [0.1, 0.15) is 26.5 Å². The van der Waals surface area contributed by atoms with Crippen molar-refractivity contribution in [3.05, 3.63) is 54.5 Å². The summed E-state index contributed by atoms with van der Waals surface area (Å²) in [5, 5.41) is 5.33. The van der Waals surface area contributed by atoms with Gasteiger partial charge in [0.15, 0.2) is 0 Å². The van der Waals surface area contributed by atoms with Crippen molar-refractivity contribution in [3.8, 4) is 0 Å². The van der Waals surface area contributed by atoms with Crippen LogP contribution >= 0.6 is 0 Å². The van der Waals surface area contributed by atoms with Gasteiger partial charge in [-0.3, -0.25) is 10.1 Å². The van der Waals surface area contributed by atoms with Crippen molar-refractivity contribution in [3.63, 3.8) is 0 Å². The van der Waals surface area contributed by atoms with E-state index < -0.39 is 11.7 Å². The minimum Gasteiger partial charge on any atom is -0.465 e. The summed E-state index contributed by atoms with van der Waals surface area (Å²) in [6.45, 7) is 5.38. The predicted molar refractivity (Wildman–Crippen MR) is 92.7 cm³/mol. The first-order valence-corrected chi connectivity index (χ1v) is 7.44. The summed E-state index contributed by atoms with van der Waals surface area (Å²) in [5.41, 5.74) is 0.630. The topological polar surface area (TPSA) is 80.6 Å². The van der Waals surface area contributed by atoms with E-state index in [0.29, 0.717) is 17.1 Å². The Labute approximate surface area is 140 Å². The van der Waals surface area contributed by atoms with Crippen LogP contribution in [-0.2, 0) is 9.53 Å². The lowest BCUT2D eigenvalue weighted by Gasteiger charge is -2.19. The number of furan rings is 1. The number of carbonyl (C=O) groups excluding carboxylic acids is 2. The van der Waals surface area contributed by atoms with E-state index in [-0.39, 0.29) is 5.91 Å². The smallest absolute Gasteiger partial charge is 0.412 e. The van der Waals surface area contributed by atoms with E-state index in [9.17, 15) is 9.59 Å². The standard InChI is InChI=1S/C18H20N2O4/c1-18(2,3)24-17(22)20-14-8-6-13(7-9-14)19-16(21)11-10-15-5-4-12-23-15/h4-12H,1-3H3,(H,19,21)(H,20,22)/b11-10+. The molecule has 1 heterocycles. The maximum absolute atomic E-state index is 11.8. The van der Waals surface area contributed by atoms with Crippen molar-refractivity contribution in [1.82, 2.24) is 0 Å². The van der Waals surface area contributed by atoms with Gasteiger partial charge >= 0.3 is 6.09 Å². The summed E-state index contributed by atoms with van der Waals surface area (Å²) >= 11 is 0. The summed E-state index contributed by atoms with van der Waals surface area (Å²) in [6.07, 6.45) is 3.97. The molecule has 6 heteroatoms. The Morgan fingerprint density at radius 3 is 2.21 bits per heavy atom. The van der Waals surface area contributed by atoms with Gasteiger partial charge in [0.05, 0.1) is 6.26 Å². The van der Waals surface area contributed by atoms with Crippen molar-refractivity contribution in [2.45, 2.75) is 26.4 Å². The molecule has 0 unspecified atom stereocenters. The van der Waals surface area contributed by atoms with Gasteiger partial charge in [-0.05, 0) is 63.2 Å². The summed E-state index contributed by atoms with van der Waals surface area (Å²) in [4.78, 5) is 23.5. The van der Waals surface area contributed by atoms with Crippen molar-refractivity contribution in [1.29, 1.82) is 0 Å². The Balaban J connectivity index is 1.87. The average Bonchev–Trinajstić information content (AvgIpc) is 2.98. The van der Waals surface area contributed by atoms with Crippen LogP contribution < -0.4 is 10.6 Å². The van der Waals surface area contributed by atoms with Crippen LogP contribution in [0.2, 0.25) is 0 Å². The maximum atomic E-state index is 11.8. The first kappa shape index (κ1) is 17.3. The Hall–Kier alpha value is -3.02. The molecule has 0 spiro atoms. The summed E-state index contributed by atoms with van der Waals surface area (Å²) in [6, 6.07) is 10.2. The molecule has 0 fully saturated rings. The lowest BCUT2D eigenvalue weighted by molar-refractivity contribution is -0.111. The molecule has 2 rings (SSSR count). The van der Waals surface area contributed by atoms with Crippen LogP contribution in [0.4, 0.5) is 16.2 Å². The highest BCUT2D eigenvalue weighted by Crippen LogP contribution is 2.15. The molecule has 0 bridgehead atoms. The Morgan fingerprint density at radius 1 is 1.04 bits per heavy atom. The van der Waals surface area contributed by atoms with Gasteiger partial charge in [-0.25, -0.2) is 4.79 Å². The zero-order valence-electron chi connectivity index (χ0n) is 13.8. The number of ether oxygens (including phenoxy) is 1. The van der Waals surface area contributed by atoms with E-state index in [1.807, 2.05) is 0 Å². The lowest BCUT2D eigenvalue weighted by Crippen LogP contribution is -2.27. The first-order chi connectivity index (χ1) is 11.3. The fourth-order valence-corrected chi connectivity index (χ4v) is 1.79. The summed E-state index contributed by atoms with van der Waals surface area (Å²) in [5.74, 6) is 0.321. The number of anilines is 2. The Morgan fingerprint density at radius 2 is 1.67 bits per heavy atom. The second-order valence-electron chi connectivity index (χ2n) is 6.04. The number of hydrogen-bond acceptors (Lipinski definition) is 4. The Bertz CT molecular complexity index is 710. The molecule has 0 aliphatic carbocycles. The highest BCUT2D eigenvalue weighted by molar-refractivity contribution is 6.01. The fourth-order valence-electron chi connectivity index (χ4n) is 1.79. The highest BCUT2D eigenvalue weighted by atomic mass is 16.6. The van der Waals surface area contributed by atoms with E-state index in [1.165, 1.54) is 12.3 Å². The maximum Gasteiger partial charge on any atom is 0.412 e. The molecule has 2 aromatic rings. The van der Waals surface area contributed by atoms with Gasteiger partial charge in [-0.15, -0.1) is 0 Å². The third-order valence-corrected chi connectivity index (χ3v) is 2.74. The van der Waals surface area contributed by atoms with Gasteiger partial charge in [-0.1, -0.05) is 0 Å². The van der Waals surface area contributed by atoms with Gasteiger partial charge in [0.1, 0.15) is 11.4 Å². The lowest BCUT2D eigenvalue weighted by atomic mass is 10.2. The van der Waals surface area contributed by atoms with E-state index in [0.717, 1.165) is 0 Å². The number of rotatable bonds is 4. The third-order valence-electron chi connectivity index (χ3n) is 2.74. The number of hydrogen-bond donors (Lipinski definition) is 2. The molecule has 6 nitrogen and oxygen atoms in total. The van der Waals surface area contributed by atoms with E-state index in [1.54, 1.807) is 63.2 Å². The molecule has 0 aliphatic rings. The quantitative estimate of drug-likeness (QED) is 0.821. The highest BCUT2D eigenvalue weighted by Gasteiger charge is 2.16. The molecule has 2 amide bonds. The normalized spacial score (nSPS) is 11.3. The molecule has 0 atom stereocenters. The minimum atomic E-state index is -0.557. The monoisotopic (exact) mass is 328 g/mol. The van der Waals surface area contributed by atoms with Crippen LogP contribution in [0.25, 0.3) is 6.08 Å². The molecule has 0 radical (unpaired) electrons. The van der Waals surface area contributed by atoms with E-state index in [2.05, 4.69) is 10.6 Å². The van der Waals surface area contributed by atoms with Gasteiger partial charge < -0.3 is 14.5 Å². The van der Waals surface area contributed by atoms with Gasteiger partial charge in [0.25, 0.3) is 0 Å². The zero-order chi connectivity index (χ0) is 17.6. The summed E-state index contributed by atoms with van der Waals surface area (Å²) < 4.78 is 10.3. The van der Waals surface area contributed by atoms with Crippen LogP contribution in [0.5, 0.6) is 0 Å². The van der Waals surface area contributed by atoms with Crippen molar-refractivity contribution < 1.29 is 18.7 Å². The van der Waals surface area contributed by atoms with Gasteiger partial charge in [0.2, 0.25) is 5.91 Å². The fraction of sp³-hybridized carbons (Fsp3) is 0.222. The predicted octanol–water partition coefficient (Wildman–Crippen LogP) is 4.28. The van der Waals surface area contributed by atoms with Gasteiger partial charge in [0, 0.05) is 17.5 Å². The van der Waals surface area contributed by atoms with Crippen LogP contribution in [-0.4, -0.2) is 17.6 Å². The SMILES string of the molecule is CC(C)(C)OC(=O)Nc1ccc(NC(=O)/C=C/c2ccco2)cc1. The molecule has 1 aromatic carbocycles. The average molecular weight is 328 g/mol. The van der Waals surface area contributed by atoms with Crippen LogP contribution in [0.3, 0.4) is 0 Å². The second kappa shape index (κ2) is 7.50. The van der Waals surface area contributed by atoms with Crippen molar-refractivity contribution in [2.75, 3.05) is 10.6 Å². The van der Waals surface area contributed by atoms with E-state index in [4.69, 9.17) is 9.15 Å². The molecular weight excluding hydrogens is 308 g/mol.